The van der Waals surface area contributed by atoms with E-state index < -0.39 is 5.97 Å². The first-order valence-electron chi connectivity index (χ1n) is 7.48. The van der Waals surface area contributed by atoms with E-state index in [9.17, 15) is 4.79 Å². The quantitative estimate of drug-likeness (QED) is 0.493. The Bertz CT molecular complexity index is 762. The van der Waals surface area contributed by atoms with Crippen LogP contribution in [0.1, 0.15) is 16.7 Å². The molecule has 23 heavy (non-hydrogen) atoms. The van der Waals surface area contributed by atoms with E-state index in [1.165, 1.54) is 6.08 Å². The van der Waals surface area contributed by atoms with Crippen LogP contribution in [-0.4, -0.2) is 19.2 Å². The zero-order valence-corrected chi connectivity index (χ0v) is 13.2. The summed E-state index contributed by atoms with van der Waals surface area (Å²) in [5.41, 5.74) is 3.11. The first kappa shape index (κ1) is 15.2. The van der Waals surface area contributed by atoms with E-state index in [1.807, 2.05) is 44.2 Å². The van der Waals surface area contributed by atoms with Gasteiger partial charge in [-0.25, -0.2) is 4.79 Å². The molecule has 2 aromatic carbocycles. The van der Waals surface area contributed by atoms with E-state index in [0.717, 1.165) is 22.4 Å². The van der Waals surface area contributed by atoms with Gasteiger partial charge >= 0.3 is 5.97 Å². The first-order chi connectivity index (χ1) is 11.1. The van der Waals surface area contributed by atoms with Crippen LogP contribution in [0, 0.1) is 13.8 Å². The van der Waals surface area contributed by atoms with E-state index in [-0.39, 0.29) is 0 Å². The molecule has 118 valence electrons. The summed E-state index contributed by atoms with van der Waals surface area (Å²) in [5.74, 6) is 1.56. The molecule has 3 rings (SSSR count). The maximum Gasteiger partial charge on any atom is 0.336 e. The minimum atomic E-state index is -0.414. The highest BCUT2D eigenvalue weighted by Crippen LogP contribution is 2.31. The van der Waals surface area contributed by atoms with E-state index in [4.69, 9.17) is 14.2 Å². The van der Waals surface area contributed by atoms with Crippen molar-refractivity contribution >= 4 is 12.0 Å². The Morgan fingerprint density at radius 1 is 1.00 bits per heavy atom. The summed E-state index contributed by atoms with van der Waals surface area (Å²) in [6, 6.07) is 11.1. The van der Waals surface area contributed by atoms with Crippen LogP contribution in [-0.2, 0) is 4.79 Å². The molecule has 0 aromatic heterocycles. The summed E-state index contributed by atoms with van der Waals surface area (Å²) in [5, 5.41) is 0. The molecule has 1 aliphatic heterocycles. The second-order valence-electron chi connectivity index (χ2n) is 5.40. The van der Waals surface area contributed by atoms with Gasteiger partial charge in [0.25, 0.3) is 0 Å². The van der Waals surface area contributed by atoms with Crippen molar-refractivity contribution in [1.29, 1.82) is 0 Å². The summed E-state index contributed by atoms with van der Waals surface area (Å²) < 4.78 is 16.3. The lowest BCUT2D eigenvalue weighted by Gasteiger charge is -2.18. The number of hydrogen-bond acceptors (Lipinski definition) is 4. The number of rotatable bonds is 3. The van der Waals surface area contributed by atoms with Gasteiger partial charge in [0.2, 0.25) is 0 Å². The van der Waals surface area contributed by atoms with Crippen LogP contribution in [0.5, 0.6) is 17.2 Å². The van der Waals surface area contributed by atoms with Gasteiger partial charge in [-0.05, 0) is 60.9 Å². The van der Waals surface area contributed by atoms with Gasteiger partial charge < -0.3 is 14.2 Å². The van der Waals surface area contributed by atoms with Crippen molar-refractivity contribution in [1.82, 2.24) is 0 Å². The molecule has 0 atom stereocenters. The predicted molar refractivity (Wildman–Crippen MR) is 88.0 cm³/mol. The fourth-order valence-electron chi connectivity index (χ4n) is 2.26. The smallest absolute Gasteiger partial charge is 0.336 e. The summed E-state index contributed by atoms with van der Waals surface area (Å²) >= 11 is 0. The summed E-state index contributed by atoms with van der Waals surface area (Å²) in [7, 11) is 0. The highest BCUT2D eigenvalue weighted by atomic mass is 16.6. The molecule has 2 aromatic rings. The van der Waals surface area contributed by atoms with E-state index in [0.29, 0.717) is 24.7 Å². The van der Waals surface area contributed by atoms with Crippen molar-refractivity contribution < 1.29 is 19.0 Å². The second-order valence-corrected chi connectivity index (χ2v) is 5.40. The highest BCUT2D eigenvalue weighted by molar-refractivity contribution is 5.88. The molecule has 0 amide bonds. The van der Waals surface area contributed by atoms with Gasteiger partial charge in [-0.3, -0.25) is 0 Å². The molecule has 0 unspecified atom stereocenters. The van der Waals surface area contributed by atoms with Gasteiger partial charge in [0, 0.05) is 6.08 Å². The Kier molecular flexibility index (Phi) is 4.33. The van der Waals surface area contributed by atoms with Gasteiger partial charge in [0.05, 0.1) is 0 Å². The number of hydrogen-bond donors (Lipinski definition) is 0. The van der Waals surface area contributed by atoms with Gasteiger partial charge in [-0.1, -0.05) is 12.1 Å². The number of aryl methyl sites for hydroxylation is 2. The number of carbonyl (C=O) groups is 1. The van der Waals surface area contributed by atoms with Gasteiger partial charge in [-0.15, -0.1) is 0 Å². The van der Waals surface area contributed by atoms with Gasteiger partial charge in [0.15, 0.2) is 11.5 Å². The normalized spacial score (nSPS) is 13.1. The SMILES string of the molecule is Cc1ccc(OC(=O)/C=C/c2ccc3c(c2)OCCO3)cc1C. The van der Waals surface area contributed by atoms with Crippen molar-refractivity contribution in [2.45, 2.75) is 13.8 Å². The number of esters is 1. The number of benzene rings is 2. The second kappa shape index (κ2) is 6.57. The maximum absolute atomic E-state index is 11.9. The molecule has 0 bridgehead atoms. The third kappa shape index (κ3) is 3.72. The lowest BCUT2D eigenvalue weighted by molar-refractivity contribution is -0.128. The molecular weight excluding hydrogens is 292 g/mol. The first-order valence-corrected chi connectivity index (χ1v) is 7.48. The highest BCUT2D eigenvalue weighted by Gasteiger charge is 2.11. The average molecular weight is 310 g/mol. The number of ether oxygens (including phenoxy) is 3. The molecule has 0 N–H and O–H groups in total. The van der Waals surface area contributed by atoms with Gasteiger partial charge in [-0.2, -0.15) is 0 Å². The molecule has 1 heterocycles. The van der Waals surface area contributed by atoms with Gasteiger partial charge in [0.1, 0.15) is 19.0 Å². The minimum absolute atomic E-state index is 0.414. The molecular formula is C19H18O4. The van der Waals surface area contributed by atoms with Crippen LogP contribution in [0.25, 0.3) is 6.08 Å². The fraction of sp³-hybridized carbons (Fsp3) is 0.211. The van der Waals surface area contributed by atoms with E-state index >= 15 is 0 Å². The Morgan fingerprint density at radius 3 is 2.57 bits per heavy atom. The zero-order chi connectivity index (χ0) is 16.2. The predicted octanol–water partition coefficient (Wildman–Crippen LogP) is 3.69. The van der Waals surface area contributed by atoms with Crippen LogP contribution in [0.3, 0.4) is 0 Å². The lowest BCUT2D eigenvalue weighted by Crippen LogP contribution is -2.15. The van der Waals surface area contributed by atoms with Crippen molar-refractivity contribution in [2.75, 3.05) is 13.2 Å². The maximum atomic E-state index is 11.9. The molecule has 0 spiro atoms. The number of carbonyl (C=O) groups excluding carboxylic acids is 1. The Balaban J connectivity index is 1.67. The third-order valence-electron chi connectivity index (χ3n) is 3.67. The largest absolute Gasteiger partial charge is 0.486 e. The molecule has 0 fully saturated rings. The lowest BCUT2D eigenvalue weighted by atomic mass is 10.1. The zero-order valence-electron chi connectivity index (χ0n) is 13.2. The summed E-state index contributed by atoms with van der Waals surface area (Å²) in [6.45, 7) is 5.10. The van der Waals surface area contributed by atoms with E-state index in [1.54, 1.807) is 12.1 Å². The fourth-order valence-corrected chi connectivity index (χ4v) is 2.26. The Morgan fingerprint density at radius 2 is 1.78 bits per heavy atom. The molecule has 0 radical (unpaired) electrons. The number of fused-ring (bicyclic) bond motifs is 1. The van der Waals surface area contributed by atoms with Crippen molar-refractivity contribution in [3.8, 4) is 17.2 Å². The molecule has 4 heteroatoms. The Hall–Kier alpha value is -2.75. The van der Waals surface area contributed by atoms with Crippen LogP contribution in [0.2, 0.25) is 0 Å². The Labute approximate surface area is 135 Å². The van der Waals surface area contributed by atoms with Crippen LogP contribution >= 0.6 is 0 Å². The van der Waals surface area contributed by atoms with Crippen molar-refractivity contribution in [2.24, 2.45) is 0 Å². The van der Waals surface area contributed by atoms with Crippen LogP contribution < -0.4 is 14.2 Å². The third-order valence-corrected chi connectivity index (χ3v) is 3.67. The summed E-state index contributed by atoms with van der Waals surface area (Å²) in [4.78, 5) is 11.9. The molecule has 0 saturated carbocycles. The molecule has 0 aliphatic carbocycles. The van der Waals surface area contributed by atoms with E-state index in [2.05, 4.69) is 0 Å². The molecule has 4 nitrogen and oxygen atoms in total. The molecule has 1 aliphatic rings. The molecule has 0 saturated heterocycles. The van der Waals surface area contributed by atoms with Crippen molar-refractivity contribution in [3.05, 3.63) is 59.2 Å². The standard InChI is InChI=1S/C19H18O4/c1-13-3-6-16(11-14(13)2)23-19(20)8-5-15-4-7-17-18(12-15)22-10-9-21-17/h3-8,11-12H,9-10H2,1-2H3/b8-5+. The topological polar surface area (TPSA) is 44.8 Å². The summed E-state index contributed by atoms with van der Waals surface area (Å²) in [6.07, 6.45) is 3.10. The monoisotopic (exact) mass is 310 g/mol. The van der Waals surface area contributed by atoms with Crippen LogP contribution in [0.4, 0.5) is 0 Å². The van der Waals surface area contributed by atoms with Crippen LogP contribution in [0.15, 0.2) is 42.5 Å². The van der Waals surface area contributed by atoms with Crippen molar-refractivity contribution in [3.63, 3.8) is 0 Å². The minimum Gasteiger partial charge on any atom is -0.486 e. The average Bonchev–Trinajstić information content (AvgIpc) is 2.56.